The van der Waals surface area contributed by atoms with Crippen molar-refractivity contribution in [3.8, 4) is 0 Å². The van der Waals surface area contributed by atoms with Gasteiger partial charge in [0.15, 0.2) is 17.4 Å². The van der Waals surface area contributed by atoms with E-state index >= 15 is 0 Å². The number of ketones is 1. The van der Waals surface area contributed by atoms with Gasteiger partial charge in [-0.3, -0.25) is 4.79 Å². The molecule has 0 amide bonds. The number of Topliss-reactive ketones (excluding diaryl/α,β-unsaturated/α-hetero) is 1. The Kier molecular flexibility index (Phi) is 4.15. The number of rotatable bonds is 4. The van der Waals surface area contributed by atoms with Gasteiger partial charge < -0.3 is 0 Å². The van der Waals surface area contributed by atoms with Crippen LogP contribution in [0.5, 0.6) is 0 Å². The second-order valence-electron chi connectivity index (χ2n) is 4.24. The molecule has 4 heteroatoms. The van der Waals surface area contributed by atoms with Crippen molar-refractivity contribution in [2.24, 2.45) is 0 Å². The first-order valence-electron chi connectivity index (χ1n) is 5.77. The number of halogens is 2. The molecule has 0 atom stereocenters. The highest BCUT2D eigenvalue weighted by Gasteiger charge is 2.19. The molecule has 0 bridgehead atoms. The maximum Gasteiger partial charge on any atom is 0.175 e. The van der Waals surface area contributed by atoms with Gasteiger partial charge in [-0.1, -0.05) is 18.9 Å². The second-order valence-corrected chi connectivity index (χ2v) is 5.53. The second kappa shape index (κ2) is 5.63. The molecule has 1 fully saturated rings. The van der Waals surface area contributed by atoms with Crippen molar-refractivity contribution in [3.05, 3.63) is 35.4 Å². The topological polar surface area (TPSA) is 17.1 Å². The highest BCUT2D eigenvalue weighted by Crippen LogP contribution is 2.30. The van der Waals surface area contributed by atoms with Crippen molar-refractivity contribution in [2.75, 3.05) is 5.75 Å². The molecular formula is C13H14F2OS. The molecule has 0 radical (unpaired) electrons. The van der Waals surface area contributed by atoms with Gasteiger partial charge in [-0.05, 0) is 25.0 Å². The van der Waals surface area contributed by atoms with Crippen LogP contribution in [-0.2, 0) is 0 Å². The summed E-state index contributed by atoms with van der Waals surface area (Å²) in [6.45, 7) is 0. The number of carbonyl (C=O) groups excluding carboxylic acids is 1. The van der Waals surface area contributed by atoms with E-state index in [-0.39, 0.29) is 17.1 Å². The lowest BCUT2D eigenvalue weighted by Crippen LogP contribution is -2.09. The molecule has 2 rings (SSSR count). The molecule has 1 aromatic rings. The summed E-state index contributed by atoms with van der Waals surface area (Å²) in [6.07, 6.45) is 4.67. The summed E-state index contributed by atoms with van der Waals surface area (Å²) < 4.78 is 26.3. The van der Waals surface area contributed by atoms with Crippen molar-refractivity contribution in [1.29, 1.82) is 0 Å². The zero-order valence-electron chi connectivity index (χ0n) is 9.42. The first-order valence-corrected chi connectivity index (χ1v) is 6.82. The molecule has 0 spiro atoms. The maximum absolute atomic E-state index is 13.3. The van der Waals surface area contributed by atoms with Crippen molar-refractivity contribution < 1.29 is 13.6 Å². The molecule has 0 aliphatic heterocycles. The molecule has 0 saturated heterocycles. The highest BCUT2D eigenvalue weighted by molar-refractivity contribution is 8.00. The molecule has 92 valence electrons. The van der Waals surface area contributed by atoms with Crippen LogP contribution in [-0.4, -0.2) is 16.8 Å². The van der Waals surface area contributed by atoms with Gasteiger partial charge in [0.05, 0.1) is 11.3 Å². The van der Waals surface area contributed by atoms with Gasteiger partial charge in [0.25, 0.3) is 0 Å². The van der Waals surface area contributed by atoms with E-state index in [9.17, 15) is 13.6 Å². The molecule has 1 aromatic carbocycles. The van der Waals surface area contributed by atoms with E-state index in [1.165, 1.54) is 25.0 Å². The van der Waals surface area contributed by atoms with Gasteiger partial charge in [-0.25, -0.2) is 8.78 Å². The van der Waals surface area contributed by atoms with Crippen LogP contribution in [0.25, 0.3) is 0 Å². The molecule has 1 aliphatic carbocycles. The average molecular weight is 256 g/mol. The van der Waals surface area contributed by atoms with Crippen molar-refractivity contribution in [1.82, 2.24) is 0 Å². The first-order chi connectivity index (χ1) is 8.18. The summed E-state index contributed by atoms with van der Waals surface area (Å²) in [5.41, 5.74) is -0.129. The van der Waals surface area contributed by atoms with E-state index in [0.717, 1.165) is 18.9 Å². The monoisotopic (exact) mass is 256 g/mol. The molecule has 1 nitrogen and oxygen atoms in total. The molecular weight excluding hydrogens is 242 g/mol. The van der Waals surface area contributed by atoms with Crippen molar-refractivity contribution in [3.63, 3.8) is 0 Å². The Morgan fingerprint density at radius 3 is 2.71 bits per heavy atom. The highest BCUT2D eigenvalue weighted by atomic mass is 32.2. The Morgan fingerprint density at radius 2 is 2.00 bits per heavy atom. The van der Waals surface area contributed by atoms with Crippen LogP contribution in [0.3, 0.4) is 0 Å². The zero-order valence-corrected chi connectivity index (χ0v) is 10.2. The zero-order chi connectivity index (χ0) is 12.3. The molecule has 1 aliphatic rings. The standard InChI is InChI=1S/C13H14F2OS/c14-11-7-3-6-10(13(11)15)12(16)8-17-9-4-1-2-5-9/h3,6-7,9H,1-2,4-5,8H2. The number of hydrogen-bond acceptors (Lipinski definition) is 2. The van der Waals surface area contributed by atoms with Crippen LogP contribution in [0.1, 0.15) is 36.0 Å². The summed E-state index contributed by atoms with van der Waals surface area (Å²) in [5, 5.41) is 0.510. The number of carbonyl (C=O) groups is 1. The third kappa shape index (κ3) is 3.06. The molecule has 0 N–H and O–H groups in total. The molecule has 17 heavy (non-hydrogen) atoms. The van der Waals surface area contributed by atoms with Crippen LogP contribution in [0.15, 0.2) is 18.2 Å². The summed E-state index contributed by atoms with van der Waals surface area (Å²) in [5.74, 6) is -2.06. The predicted octanol–water partition coefficient (Wildman–Crippen LogP) is 3.82. The van der Waals surface area contributed by atoms with Gasteiger partial charge in [0.1, 0.15) is 0 Å². The summed E-state index contributed by atoms with van der Waals surface area (Å²) in [4.78, 5) is 11.7. The minimum absolute atomic E-state index is 0.129. The largest absolute Gasteiger partial charge is 0.293 e. The number of thioether (sulfide) groups is 1. The van der Waals surface area contributed by atoms with Crippen LogP contribution in [0.2, 0.25) is 0 Å². The lowest BCUT2D eigenvalue weighted by molar-refractivity contribution is 0.101. The Hall–Kier alpha value is -0.900. The van der Waals surface area contributed by atoms with E-state index in [2.05, 4.69) is 0 Å². The fourth-order valence-electron chi connectivity index (χ4n) is 2.05. The van der Waals surface area contributed by atoms with Crippen LogP contribution in [0, 0.1) is 11.6 Å². The Morgan fingerprint density at radius 1 is 1.29 bits per heavy atom. The minimum atomic E-state index is -1.02. The summed E-state index contributed by atoms with van der Waals surface area (Å²) >= 11 is 1.56. The van der Waals surface area contributed by atoms with E-state index in [1.54, 1.807) is 11.8 Å². The average Bonchev–Trinajstić information content (AvgIpc) is 2.82. The first kappa shape index (κ1) is 12.6. The minimum Gasteiger partial charge on any atom is -0.293 e. The summed E-state index contributed by atoms with van der Waals surface area (Å²) in [7, 11) is 0. The van der Waals surface area contributed by atoms with E-state index in [0.29, 0.717) is 5.25 Å². The van der Waals surface area contributed by atoms with E-state index in [4.69, 9.17) is 0 Å². The Labute approximate surface area is 104 Å². The van der Waals surface area contributed by atoms with E-state index in [1.807, 2.05) is 0 Å². The van der Waals surface area contributed by atoms with Crippen LogP contribution >= 0.6 is 11.8 Å². The molecule has 0 unspecified atom stereocenters. The van der Waals surface area contributed by atoms with Gasteiger partial charge in [-0.15, -0.1) is 0 Å². The van der Waals surface area contributed by atoms with Gasteiger partial charge in [0.2, 0.25) is 0 Å². The van der Waals surface area contributed by atoms with Crippen LogP contribution in [0.4, 0.5) is 8.78 Å². The fraction of sp³-hybridized carbons (Fsp3) is 0.462. The van der Waals surface area contributed by atoms with Crippen molar-refractivity contribution >= 4 is 17.5 Å². The quantitative estimate of drug-likeness (QED) is 0.762. The van der Waals surface area contributed by atoms with Gasteiger partial charge in [0, 0.05) is 5.25 Å². The lowest BCUT2D eigenvalue weighted by Gasteiger charge is -2.08. The third-order valence-electron chi connectivity index (χ3n) is 3.00. The molecule has 0 aromatic heterocycles. The van der Waals surface area contributed by atoms with Gasteiger partial charge in [-0.2, -0.15) is 11.8 Å². The third-order valence-corrected chi connectivity index (χ3v) is 4.38. The van der Waals surface area contributed by atoms with Crippen molar-refractivity contribution in [2.45, 2.75) is 30.9 Å². The fourth-order valence-corrected chi connectivity index (χ4v) is 3.25. The number of benzene rings is 1. The maximum atomic E-state index is 13.3. The van der Waals surface area contributed by atoms with E-state index < -0.39 is 11.6 Å². The predicted molar refractivity (Wildman–Crippen MR) is 65.4 cm³/mol. The number of hydrogen-bond donors (Lipinski definition) is 0. The Bertz CT molecular complexity index is 414. The van der Waals surface area contributed by atoms with Crippen LogP contribution < -0.4 is 0 Å². The molecule has 0 heterocycles. The normalized spacial score (nSPS) is 16.4. The molecule has 1 saturated carbocycles. The van der Waals surface area contributed by atoms with Gasteiger partial charge >= 0.3 is 0 Å². The summed E-state index contributed by atoms with van der Waals surface area (Å²) in [6, 6.07) is 3.73. The Balaban J connectivity index is 1.97. The lowest BCUT2D eigenvalue weighted by atomic mass is 10.1. The SMILES string of the molecule is O=C(CSC1CCCC1)c1cccc(F)c1F. The smallest absolute Gasteiger partial charge is 0.175 e.